The van der Waals surface area contributed by atoms with Crippen molar-refractivity contribution in [2.24, 2.45) is 0 Å². The van der Waals surface area contributed by atoms with Crippen LogP contribution in [-0.2, 0) is 29.0 Å². The molecule has 152 valence electrons. The Bertz CT molecular complexity index is 873. The summed E-state index contributed by atoms with van der Waals surface area (Å²) < 4.78 is 4.93. The lowest BCUT2D eigenvalue weighted by molar-refractivity contribution is -0.137. The maximum absolute atomic E-state index is 11.5. The van der Waals surface area contributed by atoms with Gasteiger partial charge in [-0.25, -0.2) is 4.79 Å². The molecule has 2 aromatic carbocycles. The average Bonchev–Trinajstić information content (AvgIpc) is 3.40. The van der Waals surface area contributed by atoms with Gasteiger partial charge < -0.3 is 10.1 Å². The Hall–Kier alpha value is -2.43. The van der Waals surface area contributed by atoms with Crippen LogP contribution in [0.4, 0.5) is 0 Å². The summed E-state index contributed by atoms with van der Waals surface area (Å²) in [6.07, 6.45) is 6.88. The number of rotatable bonds is 7. The molecule has 1 fully saturated rings. The van der Waals surface area contributed by atoms with Gasteiger partial charge in [0.05, 0.1) is 6.61 Å². The van der Waals surface area contributed by atoms with Gasteiger partial charge in [0.15, 0.2) is 0 Å². The van der Waals surface area contributed by atoms with Crippen LogP contribution < -0.4 is 5.32 Å². The highest BCUT2D eigenvalue weighted by Gasteiger charge is 2.25. The molecule has 0 spiro atoms. The third-order valence-electron chi connectivity index (χ3n) is 5.97. The van der Waals surface area contributed by atoms with Gasteiger partial charge in [0.1, 0.15) is 0 Å². The summed E-state index contributed by atoms with van der Waals surface area (Å²) in [4.78, 5) is 14.1. The van der Waals surface area contributed by atoms with Crippen LogP contribution in [0.1, 0.15) is 53.6 Å². The molecule has 0 radical (unpaired) electrons. The largest absolute Gasteiger partial charge is 0.463 e. The normalized spacial score (nSPS) is 19.0. The summed E-state index contributed by atoms with van der Waals surface area (Å²) in [7, 11) is 0. The molecule has 4 heteroatoms. The van der Waals surface area contributed by atoms with E-state index in [9.17, 15) is 4.79 Å². The second kappa shape index (κ2) is 9.38. The minimum Gasteiger partial charge on any atom is -0.463 e. The zero-order chi connectivity index (χ0) is 20.1. The lowest BCUT2D eigenvalue weighted by atomic mass is 10.0. The molecule has 0 saturated carbocycles. The van der Waals surface area contributed by atoms with Crippen molar-refractivity contribution in [1.82, 2.24) is 10.2 Å². The zero-order valence-corrected chi connectivity index (χ0v) is 17.2. The quantitative estimate of drug-likeness (QED) is 0.567. The number of hydrogen-bond donors (Lipinski definition) is 1. The van der Waals surface area contributed by atoms with Crippen LogP contribution in [0.3, 0.4) is 0 Å². The molecule has 1 saturated heterocycles. The van der Waals surface area contributed by atoms with Crippen LogP contribution in [0.5, 0.6) is 0 Å². The monoisotopic (exact) mass is 390 g/mol. The number of nitrogens with one attached hydrogen (secondary N) is 1. The molecule has 4 rings (SSSR count). The first kappa shape index (κ1) is 19.9. The molecule has 29 heavy (non-hydrogen) atoms. The summed E-state index contributed by atoms with van der Waals surface area (Å²) >= 11 is 0. The number of fused-ring (bicyclic) bond motifs is 1. The Morgan fingerprint density at radius 1 is 1.17 bits per heavy atom. The summed E-state index contributed by atoms with van der Waals surface area (Å²) in [6.45, 7) is 6.50. The van der Waals surface area contributed by atoms with E-state index < -0.39 is 0 Å². The van der Waals surface area contributed by atoms with Crippen LogP contribution in [0, 0.1) is 0 Å². The molecule has 2 aliphatic rings. The molecule has 1 unspecified atom stereocenters. The first-order valence-electron chi connectivity index (χ1n) is 10.7. The van der Waals surface area contributed by atoms with Gasteiger partial charge in [-0.15, -0.1) is 0 Å². The smallest absolute Gasteiger partial charge is 0.330 e. The summed E-state index contributed by atoms with van der Waals surface area (Å²) in [5.41, 5.74) is 6.75. The van der Waals surface area contributed by atoms with Crippen LogP contribution in [0.15, 0.2) is 48.5 Å². The fourth-order valence-corrected chi connectivity index (χ4v) is 4.43. The van der Waals surface area contributed by atoms with Crippen molar-refractivity contribution in [1.29, 1.82) is 0 Å². The van der Waals surface area contributed by atoms with E-state index in [4.69, 9.17) is 4.74 Å². The van der Waals surface area contributed by atoms with Crippen molar-refractivity contribution in [3.63, 3.8) is 0 Å². The Balaban J connectivity index is 1.36. The van der Waals surface area contributed by atoms with Crippen molar-refractivity contribution in [3.8, 4) is 0 Å². The van der Waals surface area contributed by atoms with Crippen LogP contribution in [-0.4, -0.2) is 30.6 Å². The number of carbonyl (C=O) groups excluding carboxylic acids is 1. The van der Waals surface area contributed by atoms with Gasteiger partial charge in [-0.3, -0.25) is 4.90 Å². The number of hydrogen-bond acceptors (Lipinski definition) is 4. The van der Waals surface area contributed by atoms with Crippen molar-refractivity contribution in [2.75, 3.05) is 19.7 Å². The molecule has 0 aromatic heterocycles. The highest BCUT2D eigenvalue weighted by molar-refractivity contribution is 5.87. The topological polar surface area (TPSA) is 41.6 Å². The van der Waals surface area contributed by atoms with Crippen molar-refractivity contribution < 1.29 is 9.53 Å². The van der Waals surface area contributed by atoms with E-state index in [2.05, 4.69) is 52.7 Å². The van der Waals surface area contributed by atoms with Gasteiger partial charge in [0.25, 0.3) is 0 Å². The molecule has 0 amide bonds. The Morgan fingerprint density at radius 2 is 2.00 bits per heavy atom. The molecular weight excluding hydrogens is 360 g/mol. The first-order valence-corrected chi connectivity index (χ1v) is 10.7. The Morgan fingerprint density at radius 3 is 2.83 bits per heavy atom. The van der Waals surface area contributed by atoms with E-state index in [-0.39, 0.29) is 5.97 Å². The van der Waals surface area contributed by atoms with E-state index in [0.717, 1.165) is 31.6 Å². The molecule has 4 nitrogen and oxygen atoms in total. The second-order valence-corrected chi connectivity index (χ2v) is 7.90. The maximum Gasteiger partial charge on any atom is 0.330 e. The van der Waals surface area contributed by atoms with Gasteiger partial charge >= 0.3 is 5.97 Å². The SMILES string of the molecule is CCOC(=O)/C=C/c1ccc(C2CCCN2CCc2ccc3c(c2)CNC3)cc1. The number of ether oxygens (including phenoxy) is 1. The minimum atomic E-state index is -0.291. The zero-order valence-electron chi connectivity index (χ0n) is 17.2. The van der Waals surface area contributed by atoms with Crippen LogP contribution in [0.2, 0.25) is 0 Å². The number of esters is 1. The van der Waals surface area contributed by atoms with Crippen molar-refractivity contribution >= 4 is 12.0 Å². The second-order valence-electron chi connectivity index (χ2n) is 7.90. The summed E-state index contributed by atoms with van der Waals surface area (Å²) in [5, 5.41) is 3.43. The molecule has 1 atom stereocenters. The molecule has 0 aliphatic carbocycles. The fourth-order valence-electron chi connectivity index (χ4n) is 4.43. The van der Waals surface area contributed by atoms with Crippen molar-refractivity contribution in [3.05, 3.63) is 76.4 Å². The average molecular weight is 391 g/mol. The van der Waals surface area contributed by atoms with E-state index >= 15 is 0 Å². The fraction of sp³-hybridized carbons (Fsp3) is 0.400. The van der Waals surface area contributed by atoms with Gasteiger partial charge in [-0.1, -0.05) is 42.5 Å². The summed E-state index contributed by atoms with van der Waals surface area (Å²) in [6, 6.07) is 16.0. The lowest BCUT2D eigenvalue weighted by Gasteiger charge is -2.25. The first-order chi connectivity index (χ1) is 14.2. The van der Waals surface area contributed by atoms with Crippen LogP contribution in [0.25, 0.3) is 6.08 Å². The van der Waals surface area contributed by atoms with Crippen molar-refractivity contribution in [2.45, 2.75) is 45.3 Å². The molecule has 2 aromatic rings. The molecule has 0 bridgehead atoms. The molecule has 2 heterocycles. The number of carbonyl (C=O) groups is 1. The Labute approximate surface area is 173 Å². The number of likely N-dealkylation sites (tertiary alicyclic amines) is 1. The van der Waals surface area contributed by atoms with Crippen LogP contribution >= 0.6 is 0 Å². The predicted octanol–water partition coefficient (Wildman–Crippen LogP) is 4.25. The van der Waals surface area contributed by atoms with E-state index in [0.29, 0.717) is 12.6 Å². The molecular formula is C25H30N2O2. The third-order valence-corrected chi connectivity index (χ3v) is 5.97. The van der Waals surface area contributed by atoms with E-state index in [1.807, 2.05) is 13.0 Å². The Kier molecular flexibility index (Phi) is 6.43. The predicted molar refractivity (Wildman–Crippen MR) is 116 cm³/mol. The molecule has 1 N–H and O–H groups in total. The maximum atomic E-state index is 11.5. The lowest BCUT2D eigenvalue weighted by Crippen LogP contribution is -2.25. The van der Waals surface area contributed by atoms with Gasteiger partial charge in [0.2, 0.25) is 0 Å². The number of benzene rings is 2. The minimum absolute atomic E-state index is 0.291. The van der Waals surface area contributed by atoms with Gasteiger partial charge in [-0.2, -0.15) is 0 Å². The van der Waals surface area contributed by atoms with E-state index in [1.165, 1.54) is 47.7 Å². The standard InChI is InChI=1S/C25H30N2O2/c1-2-29-25(28)12-8-19-5-9-21(10-6-19)24-4-3-14-27(24)15-13-20-7-11-22-17-26-18-23(22)16-20/h5-12,16,24,26H,2-4,13-15,17-18H2,1H3/b12-8+. The highest BCUT2D eigenvalue weighted by atomic mass is 16.5. The van der Waals surface area contributed by atoms with E-state index in [1.54, 1.807) is 0 Å². The highest BCUT2D eigenvalue weighted by Crippen LogP contribution is 2.32. The van der Waals surface area contributed by atoms with Gasteiger partial charge in [0, 0.05) is 31.8 Å². The molecule has 2 aliphatic heterocycles. The third kappa shape index (κ3) is 4.95. The van der Waals surface area contributed by atoms with Gasteiger partial charge in [-0.05, 0) is 66.6 Å². The number of nitrogens with zero attached hydrogens (tertiary/aromatic N) is 1. The summed E-state index contributed by atoms with van der Waals surface area (Å²) in [5.74, 6) is -0.291.